The third kappa shape index (κ3) is 4.67. The number of likely N-dealkylation sites (tertiary alicyclic amines) is 1. The van der Waals surface area contributed by atoms with Gasteiger partial charge >= 0.3 is 0 Å². The number of nitrogens with zero attached hydrogens (tertiary/aromatic N) is 4. The van der Waals surface area contributed by atoms with E-state index in [2.05, 4.69) is 11.6 Å². The van der Waals surface area contributed by atoms with E-state index in [9.17, 15) is 14.4 Å². The summed E-state index contributed by atoms with van der Waals surface area (Å²) in [4.78, 5) is 46.6. The molecule has 31 heavy (non-hydrogen) atoms. The number of hydrogen-bond donors (Lipinski definition) is 0. The molecular formula is C22H26N4O4S. The van der Waals surface area contributed by atoms with Crippen LogP contribution in [0.5, 0.6) is 0 Å². The Labute approximate surface area is 184 Å². The van der Waals surface area contributed by atoms with Crippen molar-refractivity contribution in [3.63, 3.8) is 0 Å². The molecule has 164 valence electrons. The van der Waals surface area contributed by atoms with Gasteiger partial charge < -0.3 is 14.5 Å². The first-order valence-corrected chi connectivity index (χ1v) is 11.5. The molecule has 2 aromatic rings. The maximum Gasteiger partial charge on any atom is 0.262 e. The van der Waals surface area contributed by atoms with Crippen molar-refractivity contribution in [1.82, 2.24) is 19.4 Å². The summed E-state index contributed by atoms with van der Waals surface area (Å²) in [6.07, 6.45) is 3.70. The van der Waals surface area contributed by atoms with Crippen molar-refractivity contribution in [1.29, 1.82) is 0 Å². The quantitative estimate of drug-likeness (QED) is 0.385. The van der Waals surface area contributed by atoms with Gasteiger partial charge in [-0.1, -0.05) is 17.8 Å². The Kier molecular flexibility index (Phi) is 6.72. The highest BCUT2D eigenvalue weighted by molar-refractivity contribution is 7.99. The molecule has 4 rings (SSSR count). The number of benzene rings is 1. The molecule has 2 aliphatic heterocycles. The molecule has 0 unspecified atom stereocenters. The Morgan fingerprint density at radius 2 is 1.87 bits per heavy atom. The van der Waals surface area contributed by atoms with E-state index in [1.54, 1.807) is 29.2 Å². The number of aromatic nitrogens is 2. The normalized spacial score (nSPS) is 16.6. The third-order valence-corrected chi connectivity index (χ3v) is 6.52. The van der Waals surface area contributed by atoms with Gasteiger partial charge in [0.1, 0.15) is 0 Å². The second kappa shape index (κ2) is 9.65. The van der Waals surface area contributed by atoms with Gasteiger partial charge in [-0.3, -0.25) is 19.0 Å². The van der Waals surface area contributed by atoms with Crippen LogP contribution in [0.25, 0.3) is 10.9 Å². The van der Waals surface area contributed by atoms with Gasteiger partial charge in [-0.05, 0) is 31.0 Å². The molecule has 0 bridgehead atoms. The number of carbonyl (C=O) groups excluding carboxylic acids is 2. The van der Waals surface area contributed by atoms with Gasteiger partial charge in [-0.25, -0.2) is 4.98 Å². The number of hydrogen-bond acceptors (Lipinski definition) is 6. The average Bonchev–Trinajstić information content (AvgIpc) is 3.34. The highest BCUT2D eigenvalue weighted by Gasteiger charge is 2.21. The van der Waals surface area contributed by atoms with E-state index in [-0.39, 0.29) is 23.1 Å². The molecule has 2 aliphatic rings. The van der Waals surface area contributed by atoms with Crippen LogP contribution in [0, 0.1) is 0 Å². The summed E-state index contributed by atoms with van der Waals surface area (Å²) in [6.45, 7) is 7.75. The van der Waals surface area contributed by atoms with Crippen LogP contribution < -0.4 is 5.56 Å². The van der Waals surface area contributed by atoms with Crippen molar-refractivity contribution in [2.24, 2.45) is 0 Å². The number of amides is 2. The first-order valence-electron chi connectivity index (χ1n) is 10.5. The summed E-state index contributed by atoms with van der Waals surface area (Å²) in [5.74, 6) is 0.181. The molecule has 0 saturated carbocycles. The van der Waals surface area contributed by atoms with Crippen molar-refractivity contribution in [2.75, 3.05) is 45.1 Å². The van der Waals surface area contributed by atoms with Gasteiger partial charge in [0.15, 0.2) is 5.16 Å². The maximum absolute atomic E-state index is 13.1. The Morgan fingerprint density at radius 3 is 2.58 bits per heavy atom. The average molecular weight is 443 g/mol. The summed E-state index contributed by atoms with van der Waals surface area (Å²) >= 11 is 1.25. The molecular weight excluding hydrogens is 416 g/mol. The zero-order valence-electron chi connectivity index (χ0n) is 17.4. The second-order valence-electron chi connectivity index (χ2n) is 7.61. The zero-order chi connectivity index (χ0) is 21.8. The second-order valence-corrected chi connectivity index (χ2v) is 8.55. The number of allylic oxidation sites excluding steroid dienone is 1. The number of fused-ring (bicyclic) bond motifs is 1. The first kappa shape index (κ1) is 21.6. The Bertz CT molecular complexity index is 1060. The lowest BCUT2D eigenvalue weighted by atomic mass is 10.1. The van der Waals surface area contributed by atoms with Gasteiger partial charge in [-0.2, -0.15) is 0 Å². The summed E-state index contributed by atoms with van der Waals surface area (Å²) in [6, 6.07) is 4.99. The molecule has 0 spiro atoms. The predicted octanol–water partition coefficient (Wildman–Crippen LogP) is 1.77. The van der Waals surface area contributed by atoms with Crippen molar-refractivity contribution >= 4 is 34.5 Å². The summed E-state index contributed by atoms with van der Waals surface area (Å²) in [7, 11) is 0. The van der Waals surface area contributed by atoms with Crippen LogP contribution in [0.4, 0.5) is 0 Å². The van der Waals surface area contributed by atoms with Crippen LogP contribution in [0.15, 0.2) is 40.8 Å². The molecule has 1 aromatic heterocycles. The molecule has 8 nitrogen and oxygen atoms in total. The van der Waals surface area contributed by atoms with Crippen LogP contribution in [-0.4, -0.2) is 76.3 Å². The monoisotopic (exact) mass is 442 g/mol. The van der Waals surface area contributed by atoms with E-state index in [0.717, 1.165) is 25.9 Å². The first-order chi connectivity index (χ1) is 15.1. The Hall–Kier alpha value is -2.65. The molecule has 2 fully saturated rings. The smallest absolute Gasteiger partial charge is 0.262 e. The molecule has 1 aromatic carbocycles. The van der Waals surface area contributed by atoms with E-state index >= 15 is 0 Å². The SMILES string of the molecule is C=CCn1c(SCC(=O)N2CCCC2)nc2cc(C(=O)N3CCOCC3)ccc2c1=O. The topological polar surface area (TPSA) is 84.7 Å². The minimum absolute atomic E-state index is 0.0539. The molecule has 0 N–H and O–H groups in total. The highest BCUT2D eigenvalue weighted by atomic mass is 32.2. The lowest BCUT2D eigenvalue weighted by Gasteiger charge is -2.26. The Morgan fingerprint density at radius 1 is 1.13 bits per heavy atom. The van der Waals surface area contributed by atoms with Gasteiger partial charge in [0, 0.05) is 38.3 Å². The van der Waals surface area contributed by atoms with Crippen LogP contribution in [0.3, 0.4) is 0 Å². The Balaban J connectivity index is 1.63. The molecule has 9 heteroatoms. The fourth-order valence-electron chi connectivity index (χ4n) is 3.87. The third-order valence-electron chi connectivity index (χ3n) is 5.56. The van der Waals surface area contributed by atoms with Crippen molar-refractivity contribution in [3.8, 4) is 0 Å². The minimum atomic E-state index is -0.202. The van der Waals surface area contributed by atoms with Crippen LogP contribution in [0.2, 0.25) is 0 Å². The van der Waals surface area contributed by atoms with Gasteiger partial charge in [0.2, 0.25) is 5.91 Å². The molecule has 0 aliphatic carbocycles. The van der Waals surface area contributed by atoms with Crippen LogP contribution in [0.1, 0.15) is 23.2 Å². The van der Waals surface area contributed by atoms with Crippen molar-refractivity contribution in [3.05, 3.63) is 46.8 Å². The lowest BCUT2D eigenvalue weighted by Crippen LogP contribution is -2.40. The predicted molar refractivity (Wildman–Crippen MR) is 119 cm³/mol. The summed E-state index contributed by atoms with van der Waals surface area (Å²) in [5.41, 5.74) is 0.749. The standard InChI is InChI=1S/C22H26N4O4S/c1-2-7-26-21(29)17-6-5-16(20(28)25-10-12-30-13-11-25)14-18(17)23-22(26)31-15-19(27)24-8-3-4-9-24/h2,5-6,14H,1,3-4,7-13,15H2. The molecule has 2 saturated heterocycles. The largest absolute Gasteiger partial charge is 0.378 e. The zero-order valence-corrected chi connectivity index (χ0v) is 18.2. The lowest BCUT2D eigenvalue weighted by molar-refractivity contribution is -0.127. The van der Waals surface area contributed by atoms with Crippen molar-refractivity contribution < 1.29 is 14.3 Å². The van der Waals surface area contributed by atoms with Gasteiger partial charge in [-0.15, -0.1) is 6.58 Å². The van der Waals surface area contributed by atoms with Gasteiger partial charge in [0.25, 0.3) is 11.5 Å². The summed E-state index contributed by atoms with van der Waals surface area (Å²) < 4.78 is 6.84. The number of morpholine rings is 1. The van der Waals surface area contributed by atoms with Gasteiger partial charge in [0.05, 0.1) is 29.9 Å². The maximum atomic E-state index is 13.1. The number of rotatable bonds is 6. The number of ether oxygens (including phenoxy) is 1. The highest BCUT2D eigenvalue weighted by Crippen LogP contribution is 2.21. The molecule has 3 heterocycles. The van der Waals surface area contributed by atoms with Crippen LogP contribution >= 0.6 is 11.8 Å². The van der Waals surface area contributed by atoms with E-state index < -0.39 is 0 Å². The molecule has 0 radical (unpaired) electrons. The minimum Gasteiger partial charge on any atom is -0.378 e. The number of carbonyl (C=O) groups is 2. The molecule has 0 atom stereocenters. The van der Waals surface area contributed by atoms with E-state index in [4.69, 9.17) is 4.74 Å². The van der Waals surface area contributed by atoms with Crippen molar-refractivity contribution in [2.45, 2.75) is 24.5 Å². The van der Waals surface area contributed by atoms with E-state index in [0.29, 0.717) is 54.5 Å². The fraction of sp³-hybridized carbons (Fsp3) is 0.455. The van der Waals surface area contributed by atoms with Crippen LogP contribution in [-0.2, 0) is 16.1 Å². The van der Waals surface area contributed by atoms with E-state index in [1.165, 1.54) is 16.3 Å². The summed E-state index contributed by atoms with van der Waals surface area (Å²) in [5, 5.41) is 0.900. The van der Waals surface area contributed by atoms with E-state index in [1.807, 2.05) is 4.90 Å². The molecule has 2 amide bonds. The number of thioether (sulfide) groups is 1. The fourth-order valence-corrected chi connectivity index (χ4v) is 4.78.